The van der Waals surface area contributed by atoms with Crippen LogP contribution in [0.15, 0.2) is 66.7 Å². The van der Waals surface area contributed by atoms with E-state index in [1.165, 1.54) is 18.6 Å². The summed E-state index contributed by atoms with van der Waals surface area (Å²) >= 11 is 0. The van der Waals surface area contributed by atoms with Gasteiger partial charge in [0, 0.05) is 11.1 Å². The molecule has 3 aromatic carbocycles. The second-order valence-electron chi connectivity index (χ2n) is 10.1. The average molecular weight is 507 g/mol. The standard InChI is InChI=1S/C33H37F3O/c1-3-5-7-8-23-9-11-24(12-10-23)27-17-18-28(30(34)22-27)25-13-15-26(16-14-25)29-19-20-31(33(36)32(29)35)37-21-6-4-2/h7-8,13-20,22-24H,3-6,9-12,21H2,1-2H3. The lowest BCUT2D eigenvalue weighted by Crippen LogP contribution is -2.12. The van der Waals surface area contributed by atoms with Gasteiger partial charge in [-0.3, -0.25) is 0 Å². The lowest BCUT2D eigenvalue weighted by Gasteiger charge is -2.27. The molecule has 0 spiro atoms. The van der Waals surface area contributed by atoms with E-state index in [0.717, 1.165) is 50.5 Å². The summed E-state index contributed by atoms with van der Waals surface area (Å²) in [5, 5.41) is 0. The van der Waals surface area contributed by atoms with Gasteiger partial charge >= 0.3 is 0 Å². The average Bonchev–Trinajstić information content (AvgIpc) is 2.92. The molecule has 0 heterocycles. The molecule has 0 amide bonds. The van der Waals surface area contributed by atoms with E-state index in [0.29, 0.717) is 35.1 Å². The van der Waals surface area contributed by atoms with Crippen molar-refractivity contribution in [3.8, 4) is 28.0 Å². The van der Waals surface area contributed by atoms with Crippen LogP contribution in [-0.2, 0) is 0 Å². The molecule has 1 nitrogen and oxygen atoms in total. The zero-order chi connectivity index (χ0) is 26.2. The van der Waals surface area contributed by atoms with Crippen molar-refractivity contribution in [2.45, 2.75) is 71.1 Å². The molecule has 1 aliphatic carbocycles. The van der Waals surface area contributed by atoms with Crippen LogP contribution in [0.25, 0.3) is 22.3 Å². The van der Waals surface area contributed by atoms with E-state index in [1.54, 1.807) is 30.3 Å². The molecule has 196 valence electrons. The van der Waals surface area contributed by atoms with Crippen LogP contribution in [0, 0.1) is 23.4 Å². The molecule has 0 atom stereocenters. The third-order valence-corrected chi connectivity index (χ3v) is 7.41. The fourth-order valence-corrected chi connectivity index (χ4v) is 5.14. The number of ether oxygens (including phenoxy) is 1. The zero-order valence-electron chi connectivity index (χ0n) is 21.9. The van der Waals surface area contributed by atoms with Gasteiger partial charge < -0.3 is 4.74 Å². The Morgan fingerprint density at radius 1 is 0.784 bits per heavy atom. The van der Waals surface area contributed by atoms with E-state index in [2.05, 4.69) is 19.1 Å². The predicted octanol–water partition coefficient (Wildman–Crippen LogP) is 10.2. The first-order valence-corrected chi connectivity index (χ1v) is 13.7. The first kappa shape index (κ1) is 27.0. The maximum absolute atomic E-state index is 15.2. The van der Waals surface area contributed by atoms with Crippen molar-refractivity contribution in [3.05, 3.63) is 89.8 Å². The third kappa shape index (κ3) is 6.66. The van der Waals surface area contributed by atoms with E-state index in [4.69, 9.17) is 4.74 Å². The highest BCUT2D eigenvalue weighted by Gasteiger charge is 2.22. The van der Waals surface area contributed by atoms with E-state index in [1.807, 2.05) is 19.1 Å². The van der Waals surface area contributed by atoms with Gasteiger partial charge in [-0.25, -0.2) is 8.78 Å². The number of hydrogen-bond donors (Lipinski definition) is 0. The van der Waals surface area contributed by atoms with E-state index < -0.39 is 11.6 Å². The van der Waals surface area contributed by atoms with E-state index in [9.17, 15) is 8.78 Å². The van der Waals surface area contributed by atoms with Gasteiger partial charge in [0.1, 0.15) is 5.82 Å². The van der Waals surface area contributed by atoms with Gasteiger partial charge in [-0.15, -0.1) is 0 Å². The summed E-state index contributed by atoms with van der Waals surface area (Å²) in [5.74, 6) is -1.20. The molecule has 0 aromatic heterocycles. The second kappa shape index (κ2) is 13.0. The molecule has 0 N–H and O–H groups in total. The van der Waals surface area contributed by atoms with Crippen LogP contribution in [0.5, 0.6) is 5.75 Å². The molecule has 0 radical (unpaired) electrons. The van der Waals surface area contributed by atoms with Crippen molar-refractivity contribution in [1.82, 2.24) is 0 Å². The van der Waals surface area contributed by atoms with Crippen LogP contribution in [0.1, 0.15) is 76.7 Å². The molecule has 1 fully saturated rings. The van der Waals surface area contributed by atoms with Crippen LogP contribution in [0.3, 0.4) is 0 Å². The van der Waals surface area contributed by atoms with Crippen LogP contribution in [0.4, 0.5) is 13.2 Å². The summed E-state index contributed by atoms with van der Waals surface area (Å²) in [5.41, 5.74) is 2.97. The van der Waals surface area contributed by atoms with Crippen molar-refractivity contribution in [2.75, 3.05) is 6.61 Å². The lowest BCUT2D eigenvalue weighted by atomic mass is 9.78. The van der Waals surface area contributed by atoms with E-state index >= 15 is 4.39 Å². The van der Waals surface area contributed by atoms with Gasteiger partial charge in [-0.05, 0) is 85.3 Å². The molecular formula is C33H37F3O. The maximum atomic E-state index is 15.2. The smallest absolute Gasteiger partial charge is 0.201 e. The Bertz CT molecular complexity index is 1190. The maximum Gasteiger partial charge on any atom is 0.201 e. The van der Waals surface area contributed by atoms with Crippen molar-refractivity contribution >= 4 is 0 Å². The first-order chi connectivity index (χ1) is 18.0. The van der Waals surface area contributed by atoms with E-state index in [-0.39, 0.29) is 17.1 Å². The first-order valence-electron chi connectivity index (χ1n) is 13.7. The third-order valence-electron chi connectivity index (χ3n) is 7.41. The number of unbranched alkanes of at least 4 members (excludes halogenated alkanes) is 2. The Kier molecular flexibility index (Phi) is 9.49. The summed E-state index contributed by atoms with van der Waals surface area (Å²) in [7, 11) is 0. The highest BCUT2D eigenvalue weighted by atomic mass is 19.2. The number of hydrogen-bond acceptors (Lipinski definition) is 1. The summed E-state index contributed by atoms with van der Waals surface area (Å²) < 4.78 is 49.8. The van der Waals surface area contributed by atoms with Gasteiger partial charge in [0.15, 0.2) is 11.6 Å². The molecular weight excluding hydrogens is 469 g/mol. The minimum Gasteiger partial charge on any atom is -0.490 e. The molecule has 4 rings (SSSR count). The predicted molar refractivity (Wildman–Crippen MR) is 146 cm³/mol. The van der Waals surface area contributed by atoms with Crippen LogP contribution < -0.4 is 4.74 Å². The molecule has 0 bridgehead atoms. The Morgan fingerprint density at radius 3 is 2.11 bits per heavy atom. The van der Waals surface area contributed by atoms with Crippen molar-refractivity contribution in [1.29, 1.82) is 0 Å². The van der Waals surface area contributed by atoms with Crippen LogP contribution >= 0.6 is 0 Å². The number of allylic oxidation sites excluding steroid dienone is 2. The topological polar surface area (TPSA) is 9.23 Å². The van der Waals surface area contributed by atoms with Gasteiger partial charge in [-0.2, -0.15) is 4.39 Å². The van der Waals surface area contributed by atoms with Crippen molar-refractivity contribution < 1.29 is 17.9 Å². The lowest BCUT2D eigenvalue weighted by molar-refractivity contribution is 0.289. The molecule has 0 aliphatic heterocycles. The monoisotopic (exact) mass is 506 g/mol. The summed E-state index contributed by atoms with van der Waals surface area (Å²) in [4.78, 5) is 0. The highest BCUT2D eigenvalue weighted by molar-refractivity contribution is 5.71. The molecule has 37 heavy (non-hydrogen) atoms. The zero-order valence-corrected chi connectivity index (χ0v) is 21.9. The fraction of sp³-hybridized carbons (Fsp3) is 0.394. The van der Waals surface area contributed by atoms with Crippen LogP contribution in [-0.4, -0.2) is 6.61 Å². The molecule has 1 aliphatic rings. The van der Waals surface area contributed by atoms with Gasteiger partial charge in [0.2, 0.25) is 5.82 Å². The number of halogens is 3. The Labute approximate surface area is 219 Å². The Balaban J connectivity index is 1.44. The van der Waals surface area contributed by atoms with Crippen molar-refractivity contribution in [2.24, 2.45) is 5.92 Å². The van der Waals surface area contributed by atoms with Crippen LogP contribution in [0.2, 0.25) is 0 Å². The SMILES string of the molecule is CCCC=CC1CCC(c2ccc(-c3ccc(-c4ccc(OCCCC)c(F)c4F)cc3)c(F)c2)CC1. The Morgan fingerprint density at radius 2 is 1.46 bits per heavy atom. The highest BCUT2D eigenvalue weighted by Crippen LogP contribution is 2.38. The van der Waals surface area contributed by atoms with Gasteiger partial charge in [0.25, 0.3) is 0 Å². The molecule has 3 aromatic rings. The normalized spacial score (nSPS) is 17.9. The summed E-state index contributed by atoms with van der Waals surface area (Å²) in [6.07, 6.45) is 13.1. The van der Waals surface area contributed by atoms with Gasteiger partial charge in [0.05, 0.1) is 6.61 Å². The minimum absolute atomic E-state index is 0.0741. The second-order valence-corrected chi connectivity index (χ2v) is 10.1. The summed E-state index contributed by atoms with van der Waals surface area (Å²) in [6.45, 7) is 4.55. The van der Waals surface area contributed by atoms with Crippen molar-refractivity contribution in [3.63, 3.8) is 0 Å². The quantitative estimate of drug-likeness (QED) is 0.196. The Hall–Kier alpha value is -3.01. The minimum atomic E-state index is -0.981. The van der Waals surface area contributed by atoms with Gasteiger partial charge in [-0.1, -0.05) is 75.2 Å². The number of benzene rings is 3. The fourth-order valence-electron chi connectivity index (χ4n) is 5.14. The molecule has 0 unspecified atom stereocenters. The number of rotatable bonds is 10. The molecule has 0 saturated heterocycles. The molecule has 1 saturated carbocycles. The largest absolute Gasteiger partial charge is 0.490 e. The molecule has 4 heteroatoms. The summed E-state index contributed by atoms with van der Waals surface area (Å²) in [6, 6.07) is 15.5.